The molecule has 0 aromatic carbocycles. The molecule has 0 radical (unpaired) electrons. The number of rotatable bonds is 11. The van der Waals surface area contributed by atoms with Gasteiger partial charge in [0.15, 0.2) is 6.23 Å². The van der Waals surface area contributed by atoms with Crippen molar-refractivity contribution in [1.29, 1.82) is 0 Å². The van der Waals surface area contributed by atoms with Crippen LogP contribution in [0.1, 0.15) is 47.3 Å². The average molecular weight is 528 g/mol. The molecular formula is C19H31ClN3O8PS. The Morgan fingerprint density at radius 2 is 2.12 bits per heavy atom. The number of H-pyrrole nitrogens is 1. The summed E-state index contributed by atoms with van der Waals surface area (Å²) in [5.74, 6) is -0.0821. The van der Waals surface area contributed by atoms with Crippen LogP contribution in [0.5, 0.6) is 0 Å². The molecule has 1 saturated heterocycles. The number of carbonyl (C=O) groups excluding carboxylic acids is 1. The molecular weight excluding hydrogens is 497 g/mol. The SMILES string of the molecule is CCCS[P@](=O)(N[C@@H](C)C(=O)OC(C)C)OC[C@H]1O[C@@H](n2ccc(=O)[nH]c2=O)[C@](C)(Cl)[C@@H]1O. The van der Waals surface area contributed by atoms with Crippen LogP contribution in [0.3, 0.4) is 0 Å². The van der Waals surface area contributed by atoms with Gasteiger partial charge in [-0.1, -0.05) is 18.3 Å². The summed E-state index contributed by atoms with van der Waals surface area (Å²) in [4.78, 5) is 36.3. The largest absolute Gasteiger partial charge is 0.462 e. The number of ether oxygens (including phenoxy) is 2. The fraction of sp³-hybridized carbons (Fsp3) is 0.737. The summed E-state index contributed by atoms with van der Waals surface area (Å²) in [6.45, 7) is 4.39. The third kappa shape index (κ3) is 7.17. The molecule has 2 heterocycles. The van der Waals surface area contributed by atoms with Gasteiger partial charge in [0.25, 0.3) is 5.56 Å². The van der Waals surface area contributed by atoms with E-state index in [2.05, 4.69) is 10.1 Å². The number of esters is 1. The van der Waals surface area contributed by atoms with Crippen LogP contribution in [0.25, 0.3) is 0 Å². The molecule has 6 atom stereocenters. The van der Waals surface area contributed by atoms with Crippen LogP contribution >= 0.6 is 29.7 Å². The number of aromatic nitrogens is 2. The number of nitrogens with one attached hydrogen (secondary N) is 2. The van der Waals surface area contributed by atoms with Gasteiger partial charge in [-0.3, -0.25) is 23.7 Å². The van der Waals surface area contributed by atoms with Crippen LogP contribution in [0.15, 0.2) is 21.9 Å². The topological polar surface area (TPSA) is 149 Å². The van der Waals surface area contributed by atoms with Gasteiger partial charge in [0.2, 0.25) is 0 Å². The lowest BCUT2D eigenvalue weighted by molar-refractivity contribution is -0.149. The normalized spacial score (nSPS) is 27.9. The van der Waals surface area contributed by atoms with Crippen molar-refractivity contribution in [3.63, 3.8) is 0 Å². The Morgan fingerprint density at radius 3 is 2.70 bits per heavy atom. The van der Waals surface area contributed by atoms with E-state index in [4.69, 9.17) is 25.6 Å². The highest BCUT2D eigenvalue weighted by Crippen LogP contribution is 2.57. The number of nitrogens with zero attached hydrogens (tertiary/aromatic N) is 1. The Balaban J connectivity index is 2.16. The number of alkyl halides is 1. The second-order valence-corrected chi connectivity index (χ2v) is 13.3. The molecule has 0 amide bonds. The summed E-state index contributed by atoms with van der Waals surface area (Å²) in [6.07, 6.45) is -1.86. The van der Waals surface area contributed by atoms with E-state index < -0.39 is 53.3 Å². The van der Waals surface area contributed by atoms with Crippen LogP contribution in [0.4, 0.5) is 0 Å². The first kappa shape index (κ1) is 28.1. The molecule has 0 spiro atoms. The minimum Gasteiger partial charge on any atom is -0.462 e. The van der Waals surface area contributed by atoms with Gasteiger partial charge in [-0.15, -0.1) is 11.6 Å². The highest BCUT2D eigenvalue weighted by atomic mass is 35.5. The van der Waals surface area contributed by atoms with Gasteiger partial charge < -0.3 is 19.1 Å². The molecule has 3 N–H and O–H groups in total. The fourth-order valence-electron chi connectivity index (χ4n) is 3.08. The molecule has 33 heavy (non-hydrogen) atoms. The number of hydrogen-bond acceptors (Lipinski definition) is 9. The number of aliphatic hydroxyl groups excluding tert-OH is 1. The minimum absolute atomic E-state index is 0.328. The molecule has 1 aliphatic rings. The first-order valence-corrected chi connectivity index (χ1v) is 14.1. The van der Waals surface area contributed by atoms with Gasteiger partial charge in [0.1, 0.15) is 23.1 Å². The predicted molar refractivity (Wildman–Crippen MR) is 126 cm³/mol. The summed E-state index contributed by atoms with van der Waals surface area (Å²) < 4.78 is 31.0. The number of halogens is 1. The van der Waals surface area contributed by atoms with Gasteiger partial charge in [-0.25, -0.2) is 9.88 Å². The molecule has 2 rings (SSSR count). The molecule has 14 heteroatoms. The maximum atomic E-state index is 13.4. The molecule has 0 saturated carbocycles. The predicted octanol–water partition coefficient (Wildman–Crippen LogP) is 1.99. The molecule has 1 aliphatic heterocycles. The number of aromatic amines is 1. The molecule has 0 unspecified atom stereocenters. The van der Waals surface area contributed by atoms with Crippen molar-refractivity contribution in [2.45, 2.75) is 76.5 Å². The number of carbonyl (C=O) groups is 1. The Kier molecular flexibility index (Phi) is 9.81. The first-order valence-electron chi connectivity index (χ1n) is 10.5. The van der Waals surface area contributed by atoms with E-state index in [1.54, 1.807) is 13.8 Å². The molecule has 0 bridgehead atoms. The van der Waals surface area contributed by atoms with Gasteiger partial charge in [-0.2, -0.15) is 0 Å². The van der Waals surface area contributed by atoms with Gasteiger partial charge in [0, 0.05) is 18.0 Å². The summed E-state index contributed by atoms with van der Waals surface area (Å²) in [7, 11) is 0. The van der Waals surface area contributed by atoms with Crippen molar-refractivity contribution >= 4 is 35.7 Å². The van der Waals surface area contributed by atoms with Crippen LogP contribution in [-0.4, -0.2) is 62.2 Å². The Bertz CT molecular complexity index is 984. The minimum atomic E-state index is -3.60. The molecule has 0 aliphatic carbocycles. The van der Waals surface area contributed by atoms with Crippen LogP contribution in [-0.2, 0) is 23.4 Å². The molecule has 1 aromatic rings. The second kappa shape index (κ2) is 11.5. The van der Waals surface area contributed by atoms with Crippen molar-refractivity contribution in [3.05, 3.63) is 33.1 Å². The Morgan fingerprint density at radius 1 is 1.45 bits per heavy atom. The second-order valence-electron chi connectivity index (χ2n) is 8.10. The first-order chi connectivity index (χ1) is 15.3. The van der Waals surface area contributed by atoms with E-state index in [0.29, 0.717) is 12.2 Å². The molecule has 1 fully saturated rings. The average Bonchev–Trinajstić information content (AvgIpc) is 2.94. The quantitative estimate of drug-likeness (QED) is 0.221. The highest BCUT2D eigenvalue weighted by molar-refractivity contribution is 8.56. The lowest BCUT2D eigenvalue weighted by Gasteiger charge is -2.26. The third-order valence-corrected chi connectivity index (χ3v) is 9.49. The zero-order valence-corrected chi connectivity index (χ0v) is 21.6. The smallest absolute Gasteiger partial charge is 0.330 e. The molecule has 188 valence electrons. The van der Waals surface area contributed by atoms with Crippen molar-refractivity contribution in [3.8, 4) is 0 Å². The fourth-order valence-corrected chi connectivity index (χ4v) is 7.32. The van der Waals surface area contributed by atoms with Crippen molar-refractivity contribution in [1.82, 2.24) is 14.6 Å². The summed E-state index contributed by atoms with van der Waals surface area (Å²) in [6, 6.07) is 0.230. The Hall–Kier alpha value is -1.14. The van der Waals surface area contributed by atoms with E-state index in [9.17, 15) is 24.1 Å². The standard InChI is InChI=1S/C19H31ClN3O8PS/c1-6-9-33-32(28,22-12(4)16(26)30-11(2)3)29-10-13-15(25)19(5,20)17(31-13)23-8-7-14(24)21-18(23)27/h7-8,11-13,15,17,25H,6,9-10H2,1-5H3,(H,22,28)(H,21,24,27)/t12-,13+,15+,17+,19+,32-/m0/s1. The molecule has 11 nitrogen and oxygen atoms in total. The van der Waals surface area contributed by atoms with E-state index >= 15 is 0 Å². The van der Waals surface area contributed by atoms with E-state index in [0.717, 1.165) is 22.0 Å². The van der Waals surface area contributed by atoms with Crippen LogP contribution in [0.2, 0.25) is 0 Å². The highest BCUT2D eigenvalue weighted by Gasteiger charge is 2.54. The third-order valence-electron chi connectivity index (χ3n) is 4.75. The van der Waals surface area contributed by atoms with E-state index in [1.165, 1.54) is 20.0 Å². The van der Waals surface area contributed by atoms with E-state index in [-0.39, 0.29) is 12.7 Å². The van der Waals surface area contributed by atoms with Crippen molar-refractivity contribution in [2.75, 3.05) is 12.4 Å². The van der Waals surface area contributed by atoms with Crippen molar-refractivity contribution < 1.29 is 28.5 Å². The summed E-state index contributed by atoms with van der Waals surface area (Å²) >= 11 is 7.52. The lowest BCUT2D eigenvalue weighted by atomic mass is 10.0. The monoisotopic (exact) mass is 527 g/mol. The summed E-state index contributed by atoms with van der Waals surface area (Å²) in [5.41, 5.74) is -1.34. The van der Waals surface area contributed by atoms with E-state index in [1.807, 2.05) is 6.92 Å². The van der Waals surface area contributed by atoms with Gasteiger partial charge >= 0.3 is 18.4 Å². The van der Waals surface area contributed by atoms with Gasteiger partial charge in [0.05, 0.1) is 12.7 Å². The number of hydrogen-bond donors (Lipinski definition) is 3. The number of aliphatic hydroxyl groups is 1. The van der Waals surface area contributed by atoms with Gasteiger partial charge in [-0.05, 0) is 34.1 Å². The maximum Gasteiger partial charge on any atom is 0.330 e. The Labute approximate surface area is 200 Å². The van der Waals surface area contributed by atoms with Crippen molar-refractivity contribution in [2.24, 2.45) is 0 Å². The maximum absolute atomic E-state index is 13.4. The molecule has 1 aromatic heterocycles. The zero-order chi connectivity index (χ0) is 25.0. The van der Waals surface area contributed by atoms with Crippen LogP contribution < -0.4 is 16.3 Å². The lowest BCUT2D eigenvalue weighted by Crippen LogP contribution is -2.43. The van der Waals surface area contributed by atoms with Crippen LogP contribution in [0, 0.1) is 0 Å². The zero-order valence-electron chi connectivity index (χ0n) is 19.1. The summed E-state index contributed by atoms with van der Waals surface area (Å²) in [5, 5.41) is 13.4.